The van der Waals surface area contributed by atoms with Crippen LogP contribution in [0.4, 0.5) is 4.39 Å². The van der Waals surface area contributed by atoms with E-state index in [1.807, 2.05) is 18.5 Å². The molecule has 0 saturated heterocycles. The predicted molar refractivity (Wildman–Crippen MR) is 98.0 cm³/mol. The second-order valence-corrected chi connectivity index (χ2v) is 6.90. The van der Waals surface area contributed by atoms with Crippen molar-refractivity contribution in [1.29, 1.82) is 0 Å². The van der Waals surface area contributed by atoms with Gasteiger partial charge in [0.05, 0.1) is 17.7 Å². The molecule has 3 nitrogen and oxygen atoms in total. The molecule has 3 aromatic rings. The number of imidazole rings is 1. The minimum absolute atomic E-state index is 0.246. The summed E-state index contributed by atoms with van der Waals surface area (Å²) in [7, 11) is 0. The maximum Gasteiger partial charge on any atom is 0.129 e. The largest absolute Gasteiger partial charge is 0.327 e. The molecule has 0 radical (unpaired) electrons. The number of halogens is 2. The van der Waals surface area contributed by atoms with Crippen LogP contribution in [-0.2, 0) is 0 Å². The molecule has 25 heavy (non-hydrogen) atoms. The third kappa shape index (κ3) is 3.31. The highest BCUT2D eigenvalue weighted by Crippen LogP contribution is 2.37. The van der Waals surface area contributed by atoms with Gasteiger partial charge in [0.2, 0.25) is 0 Å². The van der Waals surface area contributed by atoms with Crippen LogP contribution in [0, 0.1) is 5.82 Å². The monoisotopic (exact) mass is 355 g/mol. The van der Waals surface area contributed by atoms with Crippen molar-refractivity contribution in [2.75, 3.05) is 0 Å². The number of benzene rings is 1. The molecule has 0 unspecified atom stereocenters. The molecule has 0 spiro atoms. The normalized spacial score (nSPS) is 15.4. The first-order chi connectivity index (χ1) is 12.2. The molecule has 1 aliphatic rings. The first-order valence-corrected chi connectivity index (χ1v) is 9.05. The Kier molecular flexibility index (Phi) is 4.53. The second kappa shape index (κ2) is 6.96. The van der Waals surface area contributed by atoms with Crippen LogP contribution in [0.5, 0.6) is 0 Å². The average molecular weight is 356 g/mol. The Bertz CT molecular complexity index is 867. The molecule has 0 atom stereocenters. The van der Waals surface area contributed by atoms with E-state index in [1.165, 1.54) is 31.4 Å². The molecule has 0 amide bonds. The SMILES string of the molecule is Fc1ccc(-c2ncn(C3CCCCC3)c2-c2ccnc(Cl)c2)cc1. The van der Waals surface area contributed by atoms with Gasteiger partial charge in [-0.05, 0) is 49.2 Å². The summed E-state index contributed by atoms with van der Waals surface area (Å²) < 4.78 is 15.6. The van der Waals surface area contributed by atoms with Gasteiger partial charge in [0.25, 0.3) is 0 Å². The fourth-order valence-corrected chi connectivity index (χ4v) is 3.83. The van der Waals surface area contributed by atoms with Gasteiger partial charge in [-0.25, -0.2) is 14.4 Å². The zero-order valence-electron chi connectivity index (χ0n) is 13.8. The van der Waals surface area contributed by atoms with Gasteiger partial charge < -0.3 is 4.57 Å². The molecular weight excluding hydrogens is 337 g/mol. The first kappa shape index (κ1) is 16.3. The van der Waals surface area contributed by atoms with Crippen molar-refractivity contribution in [3.8, 4) is 22.5 Å². The van der Waals surface area contributed by atoms with Crippen LogP contribution in [0.2, 0.25) is 5.15 Å². The highest BCUT2D eigenvalue weighted by atomic mass is 35.5. The molecule has 1 aliphatic carbocycles. The van der Waals surface area contributed by atoms with Gasteiger partial charge in [0, 0.05) is 23.4 Å². The smallest absolute Gasteiger partial charge is 0.129 e. The quantitative estimate of drug-likeness (QED) is 0.547. The maximum atomic E-state index is 13.3. The Morgan fingerprint density at radius 1 is 0.960 bits per heavy atom. The molecule has 2 heterocycles. The minimum Gasteiger partial charge on any atom is -0.327 e. The molecule has 0 N–H and O–H groups in total. The van der Waals surface area contributed by atoms with Crippen molar-refractivity contribution in [1.82, 2.24) is 14.5 Å². The summed E-state index contributed by atoms with van der Waals surface area (Å²) in [6, 6.07) is 10.7. The molecule has 1 aromatic carbocycles. The minimum atomic E-state index is -0.246. The molecule has 1 saturated carbocycles. The van der Waals surface area contributed by atoms with E-state index in [2.05, 4.69) is 14.5 Å². The Hall–Kier alpha value is -2.20. The van der Waals surface area contributed by atoms with Crippen molar-refractivity contribution in [2.24, 2.45) is 0 Å². The molecule has 4 rings (SSSR count). The van der Waals surface area contributed by atoms with E-state index in [1.54, 1.807) is 18.3 Å². The lowest BCUT2D eigenvalue weighted by Gasteiger charge is -2.25. The van der Waals surface area contributed by atoms with Crippen LogP contribution in [-0.4, -0.2) is 14.5 Å². The van der Waals surface area contributed by atoms with Gasteiger partial charge in [-0.2, -0.15) is 0 Å². The Morgan fingerprint density at radius 2 is 1.72 bits per heavy atom. The zero-order chi connectivity index (χ0) is 17.2. The Morgan fingerprint density at radius 3 is 2.44 bits per heavy atom. The first-order valence-electron chi connectivity index (χ1n) is 8.67. The van der Waals surface area contributed by atoms with Gasteiger partial charge in [0.15, 0.2) is 0 Å². The Balaban J connectivity index is 1.86. The van der Waals surface area contributed by atoms with Gasteiger partial charge in [-0.1, -0.05) is 30.9 Å². The summed E-state index contributed by atoms with van der Waals surface area (Å²) in [6.45, 7) is 0. The summed E-state index contributed by atoms with van der Waals surface area (Å²) >= 11 is 6.13. The van der Waals surface area contributed by atoms with Crippen LogP contribution in [0.1, 0.15) is 38.1 Å². The summed E-state index contributed by atoms with van der Waals surface area (Å²) in [4.78, 5) is 8.77. The third-order valence-corrected chi connectivity index (χ3v) is 5.09. The topological polar surface area (TPSA) is 30.7 Å². The molecule has 2 aromatic heterocycles. The van der Waals surface area contributed by atoms with E-state index < -0.39 is 0 Å². The van der Waals surface area contributed by atoms with Gasteiger partial charge in [-0.3, -0.25) is 0 Å². The van der Waals surface area contributed by atoms with Crippen LogP contribution in [0.3, 0.4) is 0 Å². The van der Waals surface area contributed by atoms with Crippen LogP contribution >= 0.6 is 11.6 Å². The number of pyridine rings is 1. The summed E-state index contributed by atoms with van der Waals surface area (Å²) in [5.74, 6) is -0.246. The maximum absolute atomic E-state index is 13.3. The van der Waals surface area contributed by atoms with Crippen molar-refractivity contribution >= 4 is 11.6 Å². The van der Waals surface area contributed by atoms with Crippen LogP contribution in [0.25, 0.3) is 22.5 Å². The standard InChI is InChI=1S/C20H19ClFN3/c21-18-12-15(10-11-23-18)20-19(14-6-8-16(22)9-7-14)24-13-25(20)17-4-2-1-3-5-17/h6-13,17H,1-5H2. The summed E-state index contributed by atoms with van der Waals surface area (Å²) in [5, 5.41) is 0.457. The molecule has 0 aliphatic heterocycles. The van der Waals surface area contributed by atoms with E-state index >= 15 is 0 Å². The fourth-order valence-electron chi connectivity index (χ4n) is 3.65. The predicted octanol–water partition coefficient (Wildman–Crippen LogP) is 5.91. The van der Waals surface area contributed by atoms with Crippen LogP contribution in [0.15, 0.2) is 48.9 Å². The van der Waals surface area contributed by atoms with Crippen LogP contribution < -0.4 is 0 Å². The van der Waals surface area contributed by atoms with Crippen molar-refractivity contribution in [2.45, 2.75) is 38.1 Å². The van der Waals surface area contributed by atoms with E-state index in [4.69, 9.17) is 11.6 Å². The molecule has 1 fully saturated rings. The van der Waals surface area contributed by atoms with E-state index in [-0.39, 0.29) is 5.82 Å². The van der Waals surface area contributed by atoms with E-state index in [0.29, 0.717) is 11.2 Å². The highest BCUT2D eigenvalue weighted by molar-refractivity contribution is 6.29. The number of aromatic nitrogens is 3. The summed E-state index contributed by atoms with van der Waals surface area (Å²) in [5.41, 5.74) is 3.77. The lowest BCUT2D eigenvalue weighted by atomic mass is 9.94. The van der Waals surface area contributed by atoms with Crippen molar-refractivity contribution < 1.29 is 4.39 Å². The summed E-state index contributed by atoms with van der Waals surface area (Å²) in [6.07, 6.45) is 9.72. The number of rotatable bonds is 3. The van der Waals surface area contributed by atoms with Crippen molar-refractivity contribution in [3.63, 3.8) is 0 Å². The van der Waals surface area contributed by atoms with E-state index in [9.17, 15) is 4.39 Å². The third-order valence-electron chi connectivity index (χ3n) is 4.88. The fraction of sp³-hybridized carbons (Fsp3) is 0.300. The number of nitrogens with zero attached hydrogens (tertiary/aromatic N) is 3. The van der Waals surface area contributed by atoms with Gasteiger partial charge in [0.1, 0.15) is 11.0 Å². The zero-order valence-corrected chi connectivity index (χ0v) is 14.6. The van der Waals surface area contributed by atoms with Crippen molar-refractivity contribution in [3.05, 3.63) is 59.9 Å². The number of hydrogen-bond donors (Lipinski definition) is 0. The molecular formula is C20H19ClFN3. The number of hydrogen-bond acceptors (Lipinski definition) is 2. The van der Waals surface area contributed by atoms with E-state index in [0.717, 1.165) is 35.4 Å². The molecule has 5 heteroatoms. The highest BCUT2D eigenvalue weighted by Gasteiger charge is 2.22. The average Bonchev–Trinajstić information content (AvgIpc) is 3.08. The molecule has 0 bridgehead atoms. The van der Waals surface area contributed by atoms with Gasteiger partial charge >= 0.3 is 0 Å². The lowest BCUT2D eigenvalue weighted by molar-refractivity contribution is 0.355. The lowest BCUT2D eigenvalue weighted by Crippen LogP contribution is -2.13. The van der Waals surface area contributed by atoms with Gasteiger partial charge in [-0.15, -0.1) is 0 Å². The molecule has 128 valence electrons. The Labute approximate surface area is 151 Å². The second-order valence-electron chi connectivity index (χ2n) is 6.52.